The Morgan fingerprint density at radius 2 is 1.36 bits per heavy atom. The van der Waals surface area contributed by atoms with Crippen molar-refractivity contribution < 1.29 is 24.5 Å². The van der Waals surface area contributed by atoms with Crippen LogP contribution in [0.25, 0.3) is 0 Å². The summed E-state index contributed by atoms with van der Waals surface area (Å²) >= 11 is 0. The van der Waals surface area contributed by atoms with Gasteiger partial charge in [-0.25, -0.2) is 0 Å². The Kier molecular flexibility index (Phi) is 9.28. The quantitative estimate of drug-likeness (QED) is 0.198. The van der Waals surface area contributed by atoms with E-state index in [1.54, 1.807) is 0 Å². The number of aliphatic hydroxyl groups excluding tert-OH is 1. The number of ether oxygens (including phenoxy) is 1. The molecule has 6 aliphatic rings. The van der Waals surface area contributed by atoms with Crippen LogP contribution in [0.3, 0.4) is 0 Å². The van der Waals surface area contributed by atoms with Gasteiger partial charge in [-0.2, -0.15) is 0 Å². The second-order valence-electron chi connectivity index (χ2n) is 15.7. The van der Waals surface area contributed by atoms with Crippen molar-refractivity contribution in [3.63, 3.8) is 0 Å². The molecule has 6 rings (SSSR count). The molecule has 0 amide bonds. The van der Waals surface area contributed by atoms with E-state index in [1.807, 2.05) is 0 Å². The van der Waals surface area contributed by atoms with Gasteiger partial charge in [-0.05, 0) is 67.1 Å². The molecule has 19 atom stereocenters. The third-order valence-corrected chi connectivity index (χ3v) is 14.1. The fraction of sp³-hybridized carbons (Fsp3) is 0.886. The summed E-state index contributed by atoms with van der Waals surface area (Å²) in [6, 6.07) is 1.69. The molecule has 0 aromatic carbocycles. The number of rotatable bonds is 6. The predicted octanol–water partition coefficient (Wildman–Crippen LogP) is 2.78. The minimum atomic E-state index is -0.913. The maximum absolute atomic E-state index is 12.9. The molecule has 0 radical (unpaired) electrons. The van der Waals surface area contributed by atoms with E-state index >= 15 is 0 Å². The summed E-state index contributed by atoms with van der Waals surface area (Å²) in [6.07, 6.45) is 6.36. The van der Waals surface area contributed by atoms with Gasteiger partial charge in [-0.15, -0.1) is 6.58 Å². The zero-order chi connectivity index (χ0) is 31.6. The zero-order valence-corrected chi connectivity index (χ0v) is 27.6. The van der Waals surface area contributed by atoms with Crippen molar-refractivity contribution >= 4 is 11.9 Å². The van der Waals surface area contributed by atoms with Crippen LogP contribution < -0.4 is 21.3 Å². The van der Waals surface area contributed by atoms with Gasteiger partial charge in [0, 0.05) is 66.6 Å². The van der Waals surface area contributed by atoms with Crippen LogP contribution in [-0.2, 0) is 14.3 Å². The van der Waals surface area contributed by atoms with E-state index in [-0.39, 0.29) is 59.7 Å². The van der Waals surface area contributed by atoms with Crippen LogP contribution >= 0.6 is 0 Å². The second kappa shape index (κ2) is 12.6. The number of nitrogens with one attached hydrogen (secondary N) is 4. The van der Waals surface area contributed by atoms with Crippen LogP contribution in [0.5, 0.6) is 0 Å². The van der Waals surface area contributed by atoms with Crippen molar-refractivity contribution in [1.29, 1.82) is 0 Å². The van der Waals surface area contributed by atoms with Crippen molar-refractivity contribution in [2.45, 2.75) is 128 Å². The first-order chi connectivity index (χ1) is 21.0. The first-order valence-corrected chi connectivity index (χ1v) is 17.6. The average Bonchev–Trinajstić information content (AvgIpc) is 3.72. The number of carbonyl (C=O) groups excluding carboxylic acids is 1. The summed E-state index contributed by atoms with van der Waals surface area (Å²) in [4.78, 5) is 25.2. The number of carboxylic acid groups (broad SMARTS) is 1. The number of aliphatic hydroxyl groups is 1. The van der Waals surface area contributed by atoms with Crippen molar-refractivity contribution in [3.8, 4) is 0 Å². The molecule has 19 unspecified atom stereocenters. The molecule has 44 heavy (non-hydrogen) atoms. The van der Waals surface area contributed by atoms with Gasteiger partial charge in [-0.3, -0.25) is 9.59 Å². The summed E-state index contributed by atoms with van der Waals surface area (Å²) in [5.74, 6) is 0.135. The standard InChI is InChI=1S/C35H58N4O5/c1-8-19-15(3)22-12-24-17(5)21(10-11-28(40)44-7)32(38-24)30-31(35(42)43)34(41)29-18(6)25(39-33(29)30)14-27-20(9-2)16(4)23(37-27)13-26(19)36-22/h8,15-27,29-34,36-39,41H,1,9-14H2,2-7H3,(H,42,43). The normalized spacial score (nSPS) is 53.1. The van der Waals surface area contributed by atoms with Gasteiger partial charge in [0.2, 0.25) is 0 Å². The number of methoxy groups -OCH3 is 1. The maximum atomic E-state index is 12.9. The molecule has 6 fully saturated rings. The summed E-state index contributed by atoms with van der Waals surface area (Å²) in [5.41, 5.74) is 0. The first-order valence-electron chi connectivity index (χ1n) is 17.6. The lowest BCUT2D eigenvalue weighted by atomic mass is 9.75. The lowest BCUT2D eigenvalue weighted by Gasteiger charge is -2.35. The summed E-state index contributed by atoms with van der Waals surface area (Å²) < 4.78 is 5.03. The van der Waals surface area contributed by atoms with Crippen LogP contribution in [0, 0.1) is 59.2 Å². The van der Waals surface area contributed by atoms with Gasteiger partial charge in [0.15, 0.2) is 0 Å². The van der Waals surface area contributed by atoms with E-state index in [1.165, 1.54) is 7.11 Å². The summed E-state index contributed by atoms with van der Waals surface area (Å²) in [5, 5.41) is 38.4. The Hall–Kier alpha value is -1.52. The van der Waals surface area contributed by atoms with E-state index in [4.69, 9.17) is 4.74 Å². The number of hydrogen-bond donors (Lipinski definition) is 6. The third-order valence-electron chi connectivity index (χ3n) is 14.1. The van der Waals surface area contributed by atoms with Crippen molar-refractivity contribution in [1.82, 2.24) is 21.3 Å². The van der Waals surface area contributed by atoms with Gasteiger partial charge < -0.3 is 36.2 Å². The van der Waals surface area contributed by atoms with Gasteiger partial charge in [-0.1, -0.05) is 47.1 Å². The Morgan fingerprint density at radius 1 is 0.795 bits per heavy atom. The highest BCUT2D eigenvalue weighted by Gasteiger charge is 2.64. The minimum absolute atomic E-state index is 0.0872. The predicted molar refractivity (Wildman–Crippen MR) is 170 cm³/mol. The van der Waals surface area contributed by atoms with E-state index in [9.17, 15) is 19.8 Å². The molecule has 1 aliphatic carbocycles. The van der Waals surface area contributed by atoms with Gasteiger partial charge in [0.1, 0.15) is 0 Å². The Bertz CT molecular complexity index is 1090. The molecule has 0 aromatic heterocycles. The molecule has 0 aromatic rings. The summed E-state index contributed by atoms with van der Waals surface area (Å²) in [7, 11) is 1.43. The summed E-state index contributed by atoms with van der Waals surface area (Å²) in [6.45, 7) is 15.9. The van der Waals surface area contributed by atoms with Crippen LogP contribution in [-0.4, -0.2) is 83.7 Å². The van der Waals surface area contributed by atoms with Crippen LogP contribution in [0.4, 0.5) is 0 Å². The molecule has 5 aliphatic heterocycles. The Labute approximate surface area is 264 Å². The van der Waals surface area contributed by atoms with E-state index in [0.29, 0.717) is 60.7 Å². The van der Waals surface area contributed by atoms with Crippen molar-refractivity contribution in [2.24, 2.45) is 59.2 Å². The van der Waals surface area contributed by atoms with Crippen molar-refractivity contribution in [3.05, 3.63) is 12.7 Å². The average molecular weight is 615 g/mol. The molecule has 248 valence electrons. The molecule has 1 saturated carbocycles. The molecule has 9 nitrogen and oxygen atoms in total. The Morgan fingerprint density at radius 3 is 2.02 bits per heavy atom. The number of esters is 1. The molecule has 6 N–H and O–H groups in total. The topological polar surface area (TPSA) is 132 Å². The molecule has 9 heteroatoms. The maximum Gasteiger partial charge on any atom is 0.309 e. The number of aliphatic carboxylic acids is 1. The van der Waals surface area contributed by atoms with Gasteiger partial charge >= 0.3 is 11.9 Å². The fourth-order valence-electron chi connectivity index (χ4n) is 11.7. The molecular weight excluding hydrogens is 556 g/mol. The van der Waals surface area contributed by atoms with E-state index in [2.05, 4.69) is 68.5 Å². The monoisotopic (exact) mass is 614 g/mol. The first kappa shape index (κ1) is 32.4. The minimum Gasteiger partial charge on any atom is -0.481 e. The van der Waals surface area contributed by atoms with Gasteiger partial charge in [0.05, 0.1) is 19.1 Å². The van der Waals surface area contributed by atoms with E-state index in [0.717, 1.165) is 25.7 Å². The van der Waals surface area contributed by atoms with Crippen LogP contribution in [0.15, 0.2) is 12.7 Å². The molecule has 8 bridgehead atoms. The number of fused-ring (bicyclic) bond motifs is 8. The number of carboxylic acids is 1. The van der Waals surface area contributed by atoms with Crippen LogP contribution in [0.1, 0.15) is 73.1 Å². The fourth-order valence-corrected chi connectivity index (χ4v) is 11.7. The van der Waals surface area contributed by atoms with Gasteiger partial charge in [0.25, 0.3) is 0 Å². The lowest BCUT2D eigenvalue weighted by molar-refractivity contribution is -0.148. The van der Waals surface area contributed by atoms with Crippen LogP contribution in [0.2, 0.25) is 0 Å². The van der Waals surface area contributed by atoms with Crippen molar-refractivity contribution in [2.75, 3.05) is 7.11 Å². The molecule has 0 spiro atoms. The zero-order valence-electron chi connectivity index (χ0n) is 27.6. The highest BCUT2D eigenvalue weighted by atomic mass is 16.5. The lowest BCUT2D eigenvalue weighted by Crippen LogP contribution is -2.51. The SMILES string of the molecule is C=CC1C2CC3NC(CC4NC5C(C4C)C(O)C(C(=O)O)C5C4NC(CC(N2)C1C)C(C)C4CCC(=O)OC)C(CC)C3C. The molecule has 5 saturated heterocycles. The van der Waals surface area contributed by atoms with E-state index < -0.39 is 18.0 Å². The molecular formula is C35H58N4O5. The highest BCUT2D eigenvalue weighted by molar-refractivity contribution is 5.72. The largest absolute Gasteiger partial charge is 0.481 e. The highest BCUT2D eigenvalue weighted by Crippen LogP contribution is 2.53. The third kappa shape index (κ3) is 5.26. The Balaban J connectivity index is 1.39. The number of carbonyl (C=O) groups is 2. The smallest absolute Gasteiger partial charge is 0.309 e. The molecule has 5 heterocycles. The second-order valence-corrected chi connectivity index (χ2v) is 15.7. The number of hydrogen-bond acceptors (Lipinski definition) is 8.